The van der Waals surface area contributed by atoms with E-state index in [1.807, 2.05) is 20.8 Å². The van der Waals surface area contributed by atoms with Gasteiger partial charge in [0, 0.05) is 17.0 Å². The van der Waals surface area contributed by atoms with Crippen LogP contribution in [0.2, 0.25) is 0 Å². The molecule has 3 aromatic rings. The monoisotopic (exact) mass is 393 g/mol. The predicted molar refractivity (Wildman–Crippen MR) is 102 cm³/mol. The molecule has 0 radical (unpaired) electrons. The van der Waals surface area contributed by atoms with Crippen LogP contribution in [0.1, 0.15) is 26.5 Å². The Kier molecular flexibility index (Phi) is 4.81. The molecule has 2 heterocycles. The molecule has 0 unspecified atom stereocenters. The Morgan fingerprint density at radius 3 is 2.48 bits per heavy atom. The third-order valence-corrected chi connectivity index (χ3v) is 4.27. The van der Waals surface area contributed by atoms with E-state index in [1.54, 1.807) is 29.8 Å². The number of hydrogen-bond acceptors (Lipinski definition) is 4. The van der Waals surface area contributed by atoms with Crippen molar-refractivity contribution in [3.63, 3.8) is 0 Å². The van der Waals surface area contributed by atoms with Crippen LogP contribution < -0.4 is 10.6 Å². The molecule has 3 rings (SSSR count). The molecular weight excluding hydrogens is 375 g/mol. The second-order valence-electron chi connectivity index (χ2n) is 6.83. The van der Waals surface area contributed by atoms with Gasteiger partial charge < -0.3 is 5.73 Å². The van der Waals surface area contributed by atoms with Crippen molar-refractivity contribution in [2.45, 2.75) is 32.5 Å². The molecule has 0 aliphatic heterocycles. The van der Waals surface area contributed by atoms with Crippen molar-refractivity contribution in [2.75, 3.05) is 4.90 Å². The van der Waals surface area contributed by atoms with Gasteiger partial charge in [-0.05, 0) is 32.9 Å². The molecule has 0 aliphatic carbocycles. The van der Waals surface area contributed by atoms with Crippen LogP contribution in [-0.4, -0.2) is 21.5 Å². The quantitative estimate of drug-likeness (QED) is 0.494. The van der Waals surface area contributed by atoms with E-state index in [2.05, 4.69) is 15.0 Å². The summed E-state index contributed by atoms with van der Waals surface area (Å²) in [5, 5.41) is 2.67. The van der Waals surface area contributed by atoms with Crippen LogP contribution >= 0.6 is 11.3 Å². The van der Waals surface area contributed by atoms with E-state index in [0.717, 1.165) is 6.07 Å². The molecule has 0 atom stereocenters. The highest BCUT2D eigenvalue weighted by molar-refractivity contribution is 7.13. The van der Waals surface area contributed by atoms with Crippen molar-refractivity contribution >= 4 is 39.0 Å². The zero-order valence-corrected chi connectivity index (χ0v) is 15.8. The maximum absolute atomic E-state index is 13.4. The van der Waals surface area contributed by atoms with Gasteiger partial charge in [-0.2, -0.15) is 13.2 Å². The number of pyridine rings is 1. The average molecular weight is 393 g/mol. The number of alkyl halides is 3. The van der Waals surface area contributed by atoms with Gasteiger partial charge in [-0.25, -0.2) is 15.0 Å². The Morgan fingerprint density at radius 2 is 1.89 bits per heavy atom. The molecular formula is C18H18F3N5S. The van der Waals surface area contributed by atoms with E-state index >= 15 is 0 Å². The van der Waals surface area contributed by atoms with Crippen LogP contribution in [0.4, 0.5) is 24.0 Å². The van der Waals surface area contributed by atoms with Gasteiger partial charge in [0.05, 0.1) is 16.7 Å². The Hall–Kier alpha value is -2.68. The molecule has 5 nitrogen and oxygen atoms in total. The van der Waals surface area contributed by atoms with Crippen LogP contribution in [0.5, 0.6) is 0 Å². The van der Waals surface area contributed by atoms with Crippen molar-refractivity contribution in [1.29, 1.82) is 0 Å². The molecule has 2 N–H and O–H groups in total. The van der Waals surface area contributed by atoms with Crippen LogP contribution in [0.25, 0.3) is 10.9 Å². The van der Waals surface area contributed by atoms with Gasteiger partial charge >= 0.3 is 6.18 Å². The van der Waals surface area contributed by atoms with E-state index in [1.165, 1.54) is 22.3 Å². The topological polar surface area (TPSA) is 67.4 Å². The minimum absolute atomic E-state index is 0.0573. The van der Waals surface area contributed by atoms with E-state index in [-0.39, 0.29) is 17.2 Å². The van der Waals surface area contributed by atoms with Gasteiger partial charge in [-0.1, -0.05) is 18.2 Å². The molecule has 0 bridgehead atoms. The van der Waals surface area contributed by atoms with Crippen molar-refractivity contribution in [3.8, 4) is 0 Å². The lowest BCUT2D eigenvalue weighted by Gasteiger charge is -2.25. The lowest BCUT2D eigenvalue weighted by molar-refractivity contribution is -0.140. The Morgan fingerprint density at radius 1 is 1.19 bits per heavy atom. The van der Waals surface area contributed by atoms with Crippen LogP contribution in [0, 0.1) is 0 Å². The third-order valence-electron chi connectivity index (χ3n) is 3.52. The third kappa shape index (κ3) is 4.19. The molecule has 0 saturated carbocycles. The first-order valence-corrected chi connectivity index (χ1v) is 8.96. The summed E-state index contributed by atoms with van der Waals surface area (Å²) in [6, 6.07) is 7.58. The van der Waals surface area contributed by atoms with Gasteiger partial charge in [-0.3, -0.25) is 4.90 Å². The second kappa shape index (κ2) is 6.80. The Bertz CT molecular complexity index is 975. The standard InChI is InChI=1S/C18H18F3N5S/c1-17(2,3)25-15(22)26(16-23-8-9-27-16)13-10-14(18(19,20)21)24-12-7-5-4-6-11(12)13/h4-10H,1-3H3,(H2,22,25). The number of nitrogens with zero attached hydrogens (tertiary/aromatic N) is 4. The van der Waals surface area contributed by atoms with Gasteiger partial charge in [-0.15, -0.1) is 11.3 Å². The highest BCUT2D eigenvalue weighted by atomic mass is 32.1. The zero-order valence-electron chi connectivity index (χ0n) is 14.9. The molecule has 9 heteroatoms. The fourth-order valence-corrected chi connectivity index (χ4v) is 3.19. The highest BCUT2D eigenvalue weighted by Gasteiger charge is 2.34. The summed E-state index contributed by atoms with van der Waals surface area (Å²) in [5.74, 6) is 0.0573. The number of nitrogens with two attached hydrogens (primary N) is 1. The van der Waals surface area contributed by atoms with Crippen LogP contribution in [0.3, 0.4) is 0 Å². The summed E-state index contributed by atoms with van der Waals surface area (Å²) in [6.07, 6.45) is -3.03. The molecule has 1 aromatic carbocycles. The summed E-state index contributed by atoms with van der Waals surface area (Å²) in [5.41, 5.74) is 5.15. The van der Waals surface area contributed by atoms with Crippen LogP contribution in [-0.2, 0) is 6.18 Å². The fraction of sp³-hybridized carbons (Fsp3) is 0.278. The first-order valence-electron chi connectivity index (χ1n) is 8.08. The minimum atomic E-state index is -4.59. The Balaban J connectivity index is 2.32. The van der Waals surface area contributed by atoms with Crippen LogP contribution in [0.15, 0.2) is 46.9 Å². The largest absolute Gasteiger partial charge is 0.433 e. The maximum Gasteiger partial charge on any atom is 0.433 e. The number of para-hydroxylation sites is 1. The van der Waals surface area contributed by atoms with Crippen molar-refractivity contribution in [1.82, 2.24) is 9.97 Å². The number of benzene rings is 1. The summed E-state index contributed by atoms with van der Waals surface area (Å²) < 4.78 is 40.3. The molecule has 142 valence electrons. The van der Waals surface area contributed by atoms with Gasteiger partial charge in [0.15, 0.2) is 5.13 Å². The number of rotatable bonds is 2. The smallest absolute Gasteiger partial charge is 0.369 e. The first-order chi connectivity index (χ1) is 12.6. The van der Waals surface area contributed by atoms with Crippen molar-refractivity contribution in [3.05, 3.63) is 47.6 Å². The summed E-state index contributed by atoms with van der Waals surface area (Å²) >= 11 is 1.25. The number of halogens is 3. The van der Waals surface area contributed by atoms with E-state index in [4.69, 9.17) is 5.73 Å². The number of guanidine groups is 1. The zero-order chi connectivity index (χ0) is 19.8. The lowest BCUT2D eigenvalue weighted by atomic mass is 10.1. The number of fused-ring (bicyclic) bond motifs is 1. The van der Waals surface area contributed by atoms with Gasteiger partial charge in [0.2, 0.25) is 5.96 Å². The van der Waals surface area contributed by atoms with E-state index < -0.39 is 17.4 Å². The number of aromatic nitrogens is 2. The summed E-state index contributed by atoms with van der Waals surface area (Å²) in [7, 11) is 0. The minimum Gasteiger partial charge on any atom is -0.369 e. The number of aliphatic imine (C=N–C) groups is 1. The number of hydrogen-bond donors (Lipinski definition) is 1. The van der Waals surface area contributed by atoms with Crippen molar-refractivity contribution in [2.24, 2.45) is 10.7 Å². The summed E-state index contributed by atoms with van der Waals surface area (Å²) in [4.78, 5) is 13.8. The maximum atomic E-state index is 13.4. The second-order valence-corrected chi connectivity index (χ2v) is 7.71. The molecule has 27 heavy (non-hydrogen) atoms. The SMILES string of the molecule is CC(C)(C)N=C(N)N(c1nccs1)c1cc(C(F)(F)F)nc2ccccc12. The van der Waals surface area contributed by atoms with E-state index in [0.29, 0.717) is 10.5 Å². The average Bonchev–Trinajstić information content (AvgIpc) is 3.06. The lowest BCUT2D eigenvalue weighted by Crippen LogP contribution is -2.36. The predicted octanol–water partition coefficient (Wildman–Crippen LogP) is 4.96. The normalized spacial score (nSPS) is 13.2. The van der Waals surface area contributed by atoms with Gasteiger partial charge in [0.1, 0.15) is 5.69 Å². The van der Waals surface area contributed by atoms with Crippen molar-refractivity contribution < 1.29 is 13.2 Å². The highest BCUT2D eigenvalue weighted by Crippen LogP contribution is 2.38. The molecule has 0 amide bonds. The number of thiazole rings is 1. The van der Waals surface area contributed by atoms with E-state index in [9.17, 15) is 13.2 Å². The fourth-order valence-electron chi connectivity index (χ4n) is 2.53. The van der Waals surface area contributed by atoms with Gasteiger partial charge in [0.25, 0.3) is 0 Å². The molecule has 2 aromatic heterocycles. The number of anilines is 2. The Labute approximate surface area is 158 Å². The summed E-state index contributed by atoms with van der Waals surface area (Å²) in [6.45, 7) is 5.56. The first kappa shape index (κ1) is 19.1. The molecule has 0 fully saturated rings. The molecule has 0 saturated heterocycles. The molecule has 0 aliphatic rings. The molecule has 0 spiro atoms.